The zero-order chi connectivity index (χ0) is 19.5. The zero-order valence-corrected chi connectivity index (χ0v) is 17.7. The molecule has 0 N–H and O–H groups in total. The fourth-order valence-corrected chi connectivity index (χ4v) is 4.92. The van der Waals surface area contributed by atoms with Gasteiger partial charge in [-0.15, -0.1) is 21.5 Å². The van der Waals surface area contributed by atoms with Gasteiger partial charge in [0.2, 0.25) is 5.91 Å². The molecule has 146 valence electrons. The minimum absolute atomic E-state index is 0.138. The Bertz CT molecular complexity index is 919. The van der Waals surface area contributed by atoms with E-state index in [0.717, 1.165) is 34.3 Å². The van der Waals surface area contributed by atoms with E-state index in [2.05, 4.69) is 38.3 Å². The van der Waals surface area contributed by atoms with Crippen LogP contribution in [-0.2, 0) is 11.3 Å². The van der Waals surface area contributed by atoms with Crippen molar-refractivity contribution < 1.29 is 4.79 Å². The molecule has 1 saturated carbocycles. The van der Waals surface area contributed by atoms with Crippen molar-refractivity contribution in [3.63, 3.8) is 0 Å². The lowest BCUT2D eigenvalue weighted by Crippen LogP contribution is -2.36. The normalized spacial score (nSPS) is 14.8. The number of hydrogen-bond acceptors (Lipinski definition) is 5. The number of carbonyl (C=O) groups is 1. The van der Waals surface area contributed by atoms with Gasteiger partial charge in [-0.2, -0.15) is 0 Å². The summed E-state index contributed by atoms with van der Waals surface area (Å²) in [5, 5.41) is 11.6. The van der Waals surface area contributed by atoms with Crippen LogP contribution >= 0.6 is 23.1 Å². The Kier molecular flexibility index (Phi) is 5.82. The van der Waals surface area contributed by atoms with Crippen LogP contribution in [-0.4, -0.2) is 37.4 Å². The largest absolute Gasteiger partial charge is 0.338 e. The quantitative estimate of drug-likeness (QED) is 0.495. The highest BCUT2D eigenvalue weighted by Crippen LogP contribution is 2.42. The maximum atomic E-state index is 13.1. The number of thioether (sulfide) groups is 1. The van der Waals surface area contributed by atoms with Gasteiger partial charge in [-0.3, -0.25) is 9.36 Å². The lowest BCUT2D eigenvalue weighted by Gasteiger charge is -2.24. The third-order valence-corrected chi connectivity index (χ3v) is 6.77. The first-order valence-corrected chi connectivity index (χ1v) is 11.4. The molecule has 1 aliphatic carbocycles. The van der Waals surface area contributed by atoms with Crippen molar-refractivity contribution in [1.82, 2.24) is 19.7 Å². The Labute approximate surface area is 173 Å². The van der Waals surface area contributed by atoms with E-state index in [4.69, 9.17) is 0 Å². The molecule has 5 nitrogen and oxygen atoms in total. The minimum Gasteiger partial charge on any atom is -0.338 e. The molecule has 0 bridgehead atoms. The fourth-order valence-electron chi connectivity index (χ4n) is 3.21. The molecule has 1 fully saturated rings. The Balaban J connectivity index is 1.50. The van der Waals surface area contributed by atoms with E-state index in [1.807, 2.05) is 43.0 Å². The second-order valence-electron chi connectivity index (χ2n) is 6.98. The van der Waals surface area contributed by atoms with Gasteiger partial charge in [0.15, 0.2) is 11.0 Å². The summed E-state index contributed by atoms with van der Waals surface area (Å²) in [7, 11) is 0. The first kappa shape index (κ1) is 19.2. The van der Waals surface area contributed by atoms with Crippen LogP contribution in [0.2, 0.25) is 0 Å². The van der Waals surface area contributed by atoms with Crippen molar-refractivity contribution in [2.45, 2.75) is 49.7 Å². The third-order valence-electron chi connectivity index (χ3n) is 4.86. The van der Waals surface area contributed by atoms with Gasteiger partial charge in [0.05, 0.1) is 10.1 Å². The van der Waals surface area contributed by atoms with Gasteiger partial charge in [0.25, 0.3) is 0 Å². The number of carbonyl (C=O) groups excluding carboxylic acids is 1. The molecule has 0 spiro atoms. The average Bonchev–Trinajstić information content (AvgIpc) is 3.24. The second kappa shape index (κ2) is 8.49. The topological polar surface area (TPSA) is 51.0 Å². The van der Waals surface area contributed by atoms with Crippen LogP contribution in [0.25, 0.3) is 10.7 Å². The molecule has 2 heterocycles. The van der Waals surface area contributed by atoms with Crippen molar-refractivity contribution in [3.8, 4) is 10.7 Å². The van der Waals surface area contributed by atoms with Gasteiger partial charge in [0, 0.05) is 19.1 Å². The number of benzene rings is 1. The van der Waals surface area contributed by atoms with Crippen LogP contribution in [0.1, 0.15) is 38.3 Å². The summed E-state index contributed by atoms with van der Waals surface area (Å²) in [5.74, 6) is 1.07. The second-order valence-corrected chi connectivity index (χ2v) is 9.24. The predicted octanol–water partition coefficient (Wildman–Crippen LogP) is 4.87. The first-order valence-electron chi connectivity index (χ1n) is 9.65. The molecule has 0 unspecified atom stereocenters. The van der Waals surface area contributed by atoms with E-state index in [9.17, 15) is 4.79 Å². The van der Waals surface area contributed by atoms with Gasteiger partial charge in [-0.25, -0.2) is 0 Å². The van der Waals surface area contributed by atoms with Crippen LogP contribution in [0.5, 0.6) is 0 Å². The van der Waals surface area contributed by atoms with Crippen molar-refractivity contribution in [3.05, 3.63) is 53.4 Å². The first-order chi connectivity index (χ1) is 13.7. The number of amides is 1. The Morgan fingerprint density at radius 2 is 2.04 bits per heavy atom. The Morgan fingerprint density at radius 1 is 1.25 bits per heavy atom. The summed E-state index contributed by atoms with van der Waals surface area (Å²) in [5.41, 5.74) is 1.15. The van der Waals surface area contributed by atoms with E-state index in [-0.39, 0.29) is 11.2 Å². The average molecular weight is 413 g/mol. The van der Waals surface area contributed by atoms with Crippen LogP contribution in [0.4, 0.5) is 0 Å². The molecule has 1 aliphatic rings. The molecule has 3 aromatic rings. The minimum atomic E-state index is -0.207. The molecule has 28 heavy (non-hydrogen) atoms. The van der Waals surface area contributed by atoms with E-state index >= 15 is 0 Å². The molecule has 2 aromatic heterocycles. The Hall–Kier alpha value is -2.12. The maximum absolute atomic E-state index is 13.1. The van der Waals surface area contributed by atoms with Crippen molar-refractivity contribution in [2.24, 2.45) is 0 Å². The van der Waals surface area contributed by atoms with Crippen molar-refractivity contribution in [1.29, 1.82) is 0 Å². The number of rotatable bonds is 8. The van der Waals surface area contributed by atoms with Crippen LogP contribution in [0.15, 0.2) is 53.0 Å². The molecule has 0 aliphatic heterocycles. The molecule has 7 heteroatoms. The van der Waals surface area contributed by atoms with E-state index in [1.165, 1.54) is 11.8 Å². The lowest BCUT2D eigenvalue weighted by atomic mass is 10.2. The van der Waals surface area contributed by atoms with Crippen molar-refractivity contribution >= 4 is 29.0 Å². The third kappa shape index (κ3) is 4.15. The highest BCUT2D eigenvalue weighted by atomic mass is 32.2. The molecule has 0 radical (unpaired) electrons. The van der Waals surface area contributed by atoms with Gasteiger partial charge in [-0.05, 0) is 43.7 Å². The van der Waals surface area contributed by atoms with Crippen LogP contribution in [0.3, 0.4) is 0 Å². The molecule has 1 aromatic carbocycles. The summed E-state index contributed by atoms with van der Waals surface area (Å²) >= 11 is 3.20. The Morgan fingerprint density at radius 3 is 2.68 bits per heavy atom. The monoisotopic (exact) mass is 412 g/mol. The summed E-state index contributed by atoms with van der Waals surface area (Å²) in [6.45, 7) is 5.32. The van der Waals surface area contributed by atoms with Crippen LogP contribution in [0, 0.1) is 0 Å². The van der Waals surface area contributed by atoms with E-state index in [1.54, 1.807) is 11.3 Å². The number of hydrogen-bond donors (Lipinski definition) is 0. The summed E-state index contributed by atoms with van der Waals surface area (Å²) < 4.78 is 2.23. The van der Waals surface area contributed by atoms with Crippen molar-refractivity contribution in [2.75, 3.05) is 6.54 Å². The van der Waals surface area contributed by atoms with E-state index < -0.39 is 0 Å². The number of thiophene rings is 1. The predicted molar refractivity (Wildman–Crippen MR) is 114 cm³/mol. The maximum Gasteiger partial charge on any atom is 0.236 e. The summed E-state index contributed by atoms with van der Waals surface area (Å²) in [4.78, 5) is 16.1. The number of aromatic nitrogens is 3. The number of nitrogens with zero attached hydrogens (tertiary/aromatic N) is 4. The fraction of sp³-hybridized carbons (Fsp3) is 0.381. The lowest BCUT2D eigenvalue weighted by molar-refractivity contribution is -0.130. The summed E-state index contributed by atoms with van der Waals surface area (Å²) in [6, 6.07) is 14.7. The summed E-state index contributed by atoms with van der Waals surface area (Å²) in [6.07, 6.45) is 2.31. The molecular weight excluding hydrogens is 388 g/mol. The SMILES string of the molecule is CCN(Cc1ccccc1)C(=O)[C@@H](C)Sc1nnc(-c2cccs2)n1C1CC1. The standard InChI is InChI=1S/C21H24N4OS2/c1-3-24(14-16-8-5-4-6-9-16)20(26)15(2)28-21-23-22-19(18-10-7-13-27-18)25(21)17-11-12-17/h4-10,13,15,17H,3,11-12,14H2,1-2H3/t15-/m1/s1. The molecule has 1 amide bonds. The smallest absolute Gasteiger partial charge is 0.236 e. The molecule has 0 saturated heterocycles. The molecule has 4 rings (SSSR count). The molecular formula is C21H24N4OS2. The van der Waals surface area contributed by atoms with Crippen LogP contribution < -0.4 is 0 Å². The zero-order valence-electron chi connectivity index (χ0n) is 16.1. The van der Waals surface area contributed by atoms with Gasteiger partial charge < -0.3 is 4.90 Å². The van der Waals surface area contributed by atoms with Gasteiger partial charge >= 0.3 is 0 Å². The highest BCUT2D eigenvalue weighted by molar-refractivity contribution is 8.00. The van der Waals surface area contributed by atoms with Gasteiger partial charge in [0.1, 0.15) is 0 Å². The highest BCUT2D eigenvalue weighted by Gasteiger charge is 2.32. The molecule has 1 atom stereocenters. The van der Waals surface area contributed by atoms with E-state index in [0.29, 0.717) is 19.1 Å². The van der Waals surface area contributed by atoms with Gasteiger partial charge in [-0.1, -0.05) is 48.2 Å².